The van der Waals surface area contributed by atoms with Crippen LogP contribution in [0.1, 0.15) is 27.2 Å². The molecule has 0 atom stereocenters. The molecule has 0 saturated heterocycles. The first-order valence-electron chi connectivity index (χ1n) is 12.0. The van der Waals surface area contributed by atoms with Crippen LogP contribution >= 0.6 is 7.26 Å². The summed E-state index contributed by atoms with van der Waals surface area (Å²) < 4.78 is 59.9. The minimum absolute atomic E-state index is 0.333. The fourth-order valence-corrected chi connectivity index (χ4v) is 11.6. The first-order chi connectivity index (χ1) is 16.9. The zero-order valence-electron chi connectivity index (χ0n) is 20.5. The zero-order chi connectivity index (χ0) is 25.3. The van der Waals surface area contributed by atoms with E-state index in [1.54, 1.807) is 36.4 Å². The molecule has 0 aliphatic heterocycles. The first-order valence-corrected chi connectivity index (χ1v) is 15.9. The van der Waals surface area contributed by atoms with E-state index < -0.39 is 16.1 Å². The lowest BCUT2D eigenvalue weighted by molar-refractivity contribution is 0.0712. The summed E-state index contributed by atoms with van der Waals surface area (Å²) in [5, 5.41) is 2.82. The second-order valence-electron chi connectivity index (χ2n) is 8.05. The summed E-state index contributed by atoms with van der Waals surface area (Å²) in [6.45, 7) is 7.23. The van der Waals surface area contributed by atoms with Crippen LogP contribution in [0.25, 0.3) is 0 Å². The van der Waals surface area contributed by atoms with Crippen molar-refractivity contribution in [2.24, 2.45) is 0 Å². The van der Waals surface area contributed by atoms with Crippen molar-refractivity contribution >= 4 is 32.0 Å². The van der Waals surface area contributed by atoms with E-state index in [1.165, 1.54) is 36.4 Å². The summed E-state index contributed by atoms with van der Waals surface area (Å²) in [7, 11) is -5.29. The summed E-state index contributed by atoms with van der Waals surface area (Å²) in [4.78, 5) is 0. The number of hydrogen-bond acceptors (Lipinski definition) is 3. The van der Waals surface area contributed by atoms with E-state index in [9.17, 15) is 13.2 Å². The van der Waals surface area contributed by atoms with Crippen molar-refractivity contribution in [3.8, 4) is 0 Å². The van der Waals surface area contributed by atoms with Crippen LogP contribution in [-0.2, 0) is 13.3 Å². The predicted octanol–water partition coefficient (Wildman–Crippen LogP) is 5.84. The Balaban J connectivity index is 2.11. The topological polar surface area (TPSA) is 27.7 Å². The molecule has 0 saturated carbocycles. The normalized spacial score (nSPS) is 12.2. The van der Waals surface area contributed by atoms with Crippen molar-refractivity contribution in [2.45, 2.75) is 33.2 Å². The fourth-order valence-electron chi connectivity index (χ4n) is 4.46. The van der Waals surface area contributed by atoms with Gasteiger partial charge in [-0.25, -0.2) is 13.2 Å². The molecule has 3 nitrogen and oxygen atoms in total. The highest BCUT2D eigenvalue weighted by molar-refractivity contribution is 7.95. The smallest absolute Gasteiger partial charge is 0.374 e. The standard InChI is InChI=1S/C27H33F3O3PSi/c1-4-31-35(32-5-2,33-6-3)21-7-20-34(25-14-8-22(28)9-15-25,26-16-10-23(29)11-17-26)27-18-12-24(30)13-19-27/h8-19H,4-7,20-21H2,1-3H3/q+1. The number of rotatable bonds is 13. The Morgan fingerprint density at radius 3 is 1.17 bits per heavy atom. The van der Waals surface area contributed by atoms with Crippen LogP contribution < -0.4 is 15.9 Å². The van der Waals surface area contributed by atoms with Crippen molar-refractivity contribution in [3.05, 3.63) is 90.2 Å². The molecule has 3 aromatic rings. The summed E-state index contributed by atoms with van der Waals surface area (Å²) in [6, 6.07) is 20.0. The van der Waals surface area contributed by atoms with Gasteiger partial charge >= 0.3 is 8.80 Å². The molecule has 0 aromatic heterocycles. The van der Waals surface area contributed by atoms with Gasteiger partial charge in [-0.1, -0.05) is 0 Å². The maximum absolute atomic E-state index is 13.9. The average molecular weight is 522 g/mol. The highest BCUT2D eigenvalue weighted by Gasteiger charge is 2.47. The van der Waals surface area contributed by atoms with Crippen LogP contribution in [0.4, 0.5) is 13.2 Å². The van der Waals surface area contributed by atoms with Gasteiger partial charge in [-0.15, -0.1) is 0 Å². The first kappa shape index (κ1) is 27.6. The van der Waals surface area contributed by atoms with E-state index in [1.807, 2.05) is 20.8 Å². The van der Waals surface area contributed by atoms with Gasteiger partial charge in [0.05, 0.1) is 6.16 Å². The van der Waals surface area contributed by atoms with E-state index >= 15 is 0 Å². The molecule has 0 heterocycles. The van der Waals surface area contributed by atoms with Crippen LogP contribution in [0.2, 0.25) is 6.04 Å². The molecule has 3 rings (SSSR count). The summed E-state index contributed by atoms with van der Waals surface area (Å²) in [5.41, 5.74) is 0. The lowest BCUT2D eigenvalue weighted by Gasteiger charge is -2.31. The number of hydrogen-bond donors (Lipinski definition) is 0. The Kier molecular flexibility index (Phi) is 10.1. The van der Waals surface area contributed by atoms with Gasteiger partial charge in [0.2, 0.25) is 0 Å². The number of halogens is 3. The van der Waals surface area contributed by atoms with Gasteiger partial charge in [0, 0.05) is 25.9 Å². The predicted molar refractivity (Wildman–Crippen MR) is 140 cm³/mol. The van der Waals surface area contributed by atoms with E-state index in [4.69, 9.17) is 13.3 Å². The van der Waals surface area contributed by atoms with Crippen molar-refractivity contribution in [3.63, 3.8) is 0 Å². The third kappa shape index (κ3) is 6.60. The third-order valence-corrected chi connectivity index (χ3v) is 13.5. The van der Waals surface area contributed by atoms with Crippen molar-refractivity contribution < 1.29 is 26.4 Å². The number of benzene rings is 3. The van der Waals surface area contributed by atoms with E-state index in [2.05, 4.69) is 0 Å². The quantitative estimate of drug-likeness (QED) is 0.209. The van der Waals surface area contributed by atoms with Gasteiger partial charge in [-0.05, 0) is 100.0 Å². The summed E-state index contributed by atoms with van der Waals surface area (Å²) >= 11 is 0. The Morgan fingerprint density at radius 2 is 0.886 bits per heavy atom. The van der Waals surface area contributed by atoms with Crippen molar-refractivity contribution in [2.75, 3.05) is 26.0 Å². The second-order valence-corrected chi connectivity index (χ2v) is 14.4. The van der Waals surface area contributed by atoms with Gasteiger partial charge in [0.1, 0.15) is 40.6 Å². The summed E-state index contributed by atoms with van der Waals surface area (Å²) in [6.07, 6.45) is 1.38. The molecule has 0 spiro atoms. The van der Waals surface area contributed by atoms with Gasteiger partial charge in [-0.3, -0.25) is 0 Å². The molecule has 0 unspecified atom stereocenters. The van der Waals surface area contributed by atoms with Crippen LogP contribution in [-0.4, -0.2) is 34.8 Å². The average Bonchev–Trinajstić information content (AvgIpc) is 2.84. The van der Waals surface area contributed by atoms with Crippen LogP contribution in [0.3, 0.4) is 0 Å². The molecule has 0 fully saturated rings. The monoisotopic (exact) mass is 521 g/mol. The van der Waals surface area contributed by atoms with E-state index in [-0.39, 0.29) is 17.5 Å². The van der Waals surface area contributed by atoms with Gasteiger partial charge in [-0.2, -0.15) is 0 Å². The molecule has 0 aliphatic carbocycles. The lowest BCUT2D eigenvalue weighted by atomic mass is 10.3. The molecule has 0 bridgehead atoms. The van der Waals surface area contributed by atoms with E-state index in [0.717, 1.165) is 15.9 Å². The van der Waals surface area contributed by atoms with Gasteiger partial charge in [0.15, 0.2) is 0 Å². The molecule has 0 amide bonds. The van der Waals surface area contributed by atoms with Gasteiger partial charge < -0.3 is 13.3 Å². The highest BCUT2D eigenvalue weighted by Crippen LogP contribution is 2.56. The Labute approximate surface area is 208 Å². The van der Waals surface area contributed by atoms with Gasteiger partial charge in [0.25, 0.3) is 0 Å². The second kappa shape index (κ2) is 12.8. The summed E-state index contributed by atoms with van der Waals surface area (Å²) in [5.74, 6) is -0.999. The Morgan fingerprint density at radius 1 is 0.571 bits per heavy atom. The molecular formula is C27H33F3O3PSi+. The molecule has 35 heavy (non-hydrogen) atoms. The highest BCUT2D eigenvalue weighted by atomic mass is 31.2. The zero-order valence-corrected chi connectivity index (χ0v) is 22.4. The SMILES string of the molecule is CCO[Si](CCC[P+](c1ccc(F)cc1)(c1ccc(F)cc1)c1ccc(F)cc1)(OCC)OCC. The van der Waals surface area contributed by atoms with Crippen LogP contribution in [0, 0.1) is 17.5 Å². The molecule has 8 heteroatoms. The molecular weight excluding hydrogens is 488 g/mol. The Hall–Kier alpha value is -2.02. The van der Waals surface area contributed by atoms with E-state index in [0.29, 0.717) is 38.4 Å². The minimum atomic E-state index is -2.89. The van der Waals surface area contributed by atoms with Crippen LogP contribution in [0.15, 0.2) is 72.8 Å². The minimum Gasteiger partial charge on any atom is -0.374 e. The van der Waals surface area contributed by atoms with Crippen molar-refractivity contribution in [1.82, 2.24) is 0 Å². The molecule has 0 N–H and O–H groups in total. The third-order valence-electron chi connectivity index (χ3n) is 5.87. The largest absolute Gasteiger partial charge is 0.501 e. The molecule has 188 valence electrons. The maximum atomic E-state index is 13.9. The molecule has 0 radical (unpaired) electrons. The van der Waals surface area contributed by atoms with Crippen molar-refractivity contribution in [1.29, 1.82) is 0 Å². The van der Waals surface area contributed by atoms with Crippen LogP contribution in [0.5, 0.6) is 0 Å². The lowest BCUT2D eigenvalue weighted by Crippen LogP contribution is -2.46. The molecule has 3 aromatic carbocycles. The fraction of sp³-hybridized carbons (Fsp3) is 0.333. The Bertz CT molecular complexity index is 919. The molecule has 0 aliphatic rings. The maximum Gasteiger partial charge on any atom is 0.501 e.